The average Bonchev–Trinajstić information content (AvgIpc) is 2.39. The highest BCUT2D eigenvalue weighted by Crippen LogP contribution is 2.27. The first-order valence-electron chi connectivity index (χ1n) is 5.57. The zero-order valence-corrected chi connectivity index (χ0v) is 9.97. The van der Waals surface area contributed by atoms with Crippen LogP contribution in [0.3, 0.4) is 0 Å². The molecule has 0 radical (unpaired) electrons. The van der Waals surface area contributed by atoms with Crippen LogP contribution in [0.1, 0.15) is 15.9 Å². The van der Waals surface area contributed by atoms with E-state index in [-0.39, 0.29) is 29.4 Å². The lowest BCUT2D eigenvalue weighted by molar-refractivity contribution is 0.0692. The van der Waals surface area contributed by atoms with Gasteiger partial charge in [-0.25, -0.2) is 9.18 Å². The molecule has 4 nitrogen and oxygen atoms in total. The van der Waals surface area contributed by atoms with Crippen LogP contribution in [-0.2, 0) is 6.61 Å². The summed E-state index contributed by atoms with van der Waals surface area (Å²) in [4.78, 5) is 11.0. The number of aromatic carboxylic acids is 1. The highest BCUT2D eigenvalue weighted by atomic mass is 19.1. The molecular weight excluding hydrogens is 249 g/mol. The highest BCUT2D eigenvalue weighted by molar-refractivity contribution is 5.93. The van der Waals surface area contributed by atoms with E-state index in [1.807, 2.05) is 0 Å². The first kappa shape index (κ1) is 12.9. The van der Waals surface area contributed by atoms with Gasteiger partial charge in [0.25, 0.3) is 0 Å². The number of carboxylic acids is 1. The third-order valence-corrected chi connectivity index (χ3v) is 2.57. The van der Waals surface area contributed by atoms with E-state index in [0.29, 0.717) is 0 Å². The number of halogens is 1. The number of rotatable bonds is 4. The van der Waals surface area contributed by atoms with Gasteiger partial charge in [0, 0.05) is 0 Å². The van der Waals surface area contributed by atoms with E-state index >= 15 is 0 Å². The fraction of sp³-hybridized carbons (Fsp3) is 0.0714. The second-order valence-electron chi connectivity index (χ2n) is 3.94. The van der Waals surface area contributed by atoms with Crippen molar-refractivity contribution < 1.29 is 19.0 Å². The quantitative estimate of drug-likeness (QED) is 0.830. The van der Waals surface area contributed by atoms with Gasteiger partial charge < -0.3 is 15.6 Å². The Morgan fingerprint density at radius 3 is 2.53 bits per heavy atom. The Morgan fingerprint density at radius 1 is 1.21 bits per heavy atom. The van der Waals surface area contributed by atoms with Gasteiger partial charge in [0.1, 0.15) is 18.0 Å². The molecule has 0 aromatic heterocycles. The van der Waals surface area contributed by atoms with Crippen LogP contribution >= 0.6 is 0 Å². The second kappa shape index (κ2) is 5.39. The number of anilines is 1. The maximum absolute atomic E-state index is 12.7. The number of ether oxygens (including phenoxy) is 1. The summed E-state index contributed by atoms with van der Waals surface area (Å²) in [6.45, 7) is 0.120. The van der Waals surface area contributed by atoms with Crippen molar-refractivity contribution in [3.63, 3.8) is 0 Å². The Bertz CT molecular complexity index is 596. The van der Waals surface area contributed by atoms with Gasteiger partial charge in [-0.3, -0.25) is 0 Å². The number of benzene rings is 2. The molecule has 0 heterocycles. The van der Waals surface area contributed by atoms with Crippen LogP contribution in [0.2, 0.25) is 0 Å². The Morgan fingerprint density at radius 2 is 1.89 bits per heavy atom. The molecule has 2 aromatic carbocycles. The SMILES string of the molecule is Nc1cccc(C(=O)O)c1OCc1ccc(F)cc1. The van der Waals surface area contributed by atoms with Gasteiger partial charge in [-0.15, -0.1) is 0 Å². The summed E-state index contributed by atoms with van der Waals surface area (Å²) in [6, 6.07) is 10.3. The predicted octanol–water partition coefficient (Wildman–Crippen LogP) is 2.69. The third-order valence-electron chi connectivity index (χ3n) is 2.57. The number of carbonyl (C=O) groups is 1. The molecular formula is C14H12FNO3. The van der Waals surface area contributed by atoms with E-state index in [2.05, 4.69) is 0 Å². The largest absolute Gasteiger partial charge is 0.486 e. The molecule has 0 aliphatic heterocycles. The number of nitrogen functional groups attached to an aromatic ring is 1. The van der Waals surface area contributed by atoms with E-state index < -0.39 is 5.97 Å². The number of hydrogen-bond donors (Lipinski definition) is 2. The van der Waals surface area contributed by atoms with Crippen molar-refractivity contribution in [1.82, 2.24) is 0 Å². The standard InChI is InChI=1S/C14H12FNO3/c15-10-6-4-9(5-7-10)8-19-13-11(14(17)18)2-1-3-12(13)16/h1-7H,8,16H2,(H,17,18). The molecule has 0 saturated carbocycles. The minimum absolute atomic E-state index is 0.00196. The Labute approximate surface area is 109 Å². The molecule has 3 N–H and O–H groups in total. The fourth-order valence-corrected chi connectivity index (χ4v) is 1.62. The lowest BCUT2D eigenvalue weighted by atomic mass is 10.1. The Hall–Kier alpha value is -2.56. The number of carboxylic acid groups (broad SMARTS) is 1. The molecule has 5 heteroatoms. The van der Waals surface area contributed by atoms with Crippen molar-refractivity contribution >= 4 is 11.7 Å². The lowest BCUT2D eigenvalue weighted by Gasteiger charge is -2.11. The zero-order valence-electron chi connectivity index (χ0n) is 9.97. The number of nitrogens with two attached hydrogens (primary N) is 1. The van der Waals surface area contributed by atoms with Gasteiger partial charge >= 0.3 is 5.97 Å². The van der Waals surface area contributed by atoms with Crippen molar-refractivity contribution in [3.8, 4) is 5.75 Å². The van der Waals surface area contributed by atoms with Crippen LogP contribution in [-0.4, -0.2) is 11.1 Å². The molecule has 0 unspecified atom stereocenters. The van der Waals surface area contributed by atoms with Gasteiger partial charge in [-0.05, 0) is 29.8 Å². The molecule has 98 valence electrons. The fourth-order valence-electron chi connectivity index (χ4n) is 1.62. The Kier molecular flexibility index (Phi) is 3.66. The van der Waals surface area contributed by atoms with Gasteiger partial charge in [0.15, 0.2) is 5.75 Å². The van der Waals surface area contributed by atoms with Crippen LogP contribution in [0.15, 0.2) is 42.5 Å². The topological polar surface area (TPSA) is 72.6 Å². The molecule has 0 saturated heterocycles. The summed E-state index contributed by atoms with van der Waals surface area (Å²) in [5, 5.41) is 9.04. The van der Waals surface area contributed by atoms with E-state index in [1.165, 1.54) is 18.2 Å². The van der Waals surface area contributed by atoms with Crippen LogP contribution in [0.25, 0.3) is 0 Å². The van der Waals surface area contributed by atoms with Gasteiger partial charge in [-0.1, -0.05) is 18.2 Å². The first-order valence-corrected chi connectivity index (χ1v) is 5.57. The summed E-state index contributed by atoms with van der Waals surface area (Å²) in [5.74, 6) is -1.32. The van der Waals surface area contributed by atoms with Gasteiger partial charge in [0.2, 0.25) is 0 Å². The molecule has 2 rings (SSSR count). The van der Waals surface area contributed by atoms with Gasteiger partial charge in [0.05, 0.1) is 5.69 Å². The van der Waals surface area contributed by atoms with Crippen LogP contribution in [0.4, 0.5) is 10.1 Å². The molecule has 0 fully saturated rings. The van der Waals surface area contributed by atoms with Crippen molar-refractivity contribution in [3.05, 3.63) is 59.4 Å². The lowest BCUT2D eigenvalue weighted by Crippen LogP contribution is -2.06. The van der Waals surface area contributed by atoms with E-state index in [4.69, 9.17) is 15.6 Å². The minimum atomic E-state index is -1.11. The smallest absolute Gasteiger partial charge is 0.339 e. The number of hydrogen-bond acceptors (Lipinski definition) is 3. The zero-order chi connectivity index (χ0) is 13.8. The second-order valence-corrected chi connectivity index (χ2v) is 3.94. The van der Waals surface area contributed by atoms with Crippen LogP contribution < -0.4 is 10.5 Å². The summed E-state index contributed by atoms with van der Waals surface area (Å²) < 4.78 is 18.2. The summed E-state index contributed by atoms with van der Waals surface area (Å²) in [7, 11) is 0. The minimum Gasteiger partial charge on any atom is -0.486 e. The third kappa shape index (κ3) is 3.01. The summed E-state index contributed by atoms with van der Waals surface area (Å²) in [5.41, 5.74) is 6.68. The summed E-state index contributed by atoms with van der Waals surface area (Å²) >= 11 is 0. The molecule has 0 bridgehead atoms. The van der Waals surface area contributed by atoms with Crippen LogP contribution in [0.5, 0.6) is 5.75 Å². The van der Waals surface area contributed by atoms with Crippen molar-refractivity contribution in [2.45, 2.75) is 6.61 Å². The average molecular weight is 261 g/mol. The maximum Gasteiger partial charge on any atom is 0.339 e. The van der Waals surface area contributed by atoms with E-state index in [9.17, 15) is 9.18 Å². The molecule has 2 aromatic rings. The monoisotopic (exact) mass is 261 g/mol. The molecule has 0 spiro atoms. The molecule has 0 aliphatic rings. The van der Waals surface area contributed by atoms with Gasteiger partial charge in [-0.2, -0.15) is 0 Å². The Balaban J connectivity index is 2.19. The van der Waals surface area contributed by atoms with E-state index in [0.717, 1.165) is 5.56 Å². The molecule has 19 heavy (non-hydrogen) atoms. The molecule has 0 amide bonds. The normalized spacial score (nSPS) is 10.2. The molecule has 0 atom stereocenters. The number of para-hydroxylation sites is 1. The summed E-state index contributed by atoms with van der Waals surface area (Å²) in [6.07, 6.45) is 0. The predicted molar refractivity (Wildman–Crippen MR) is 68.5 cm³/mol. The van der Waals surface area contributed by atoms with Crippen molar-refractivity contribution in [2.75, 3.05) is 5.73 Å². The maximum atomic E-state index is 12.7. The first-order chi connectivity index (χ1) is 9.08. The van der Waals surface area contributed by atoms with Crippen molar-refractivity contribution in [1.29, 1.82) is 0 Å². The highest BCUT2D eigenvalue weighted by Gasteiger charge is 2.13. The van der Waals surface area contributed by atoms with Crippen molar-refractivity contribution in [2.24, 2.45) is 0 Å². The van der Waals surface area contributed by atoms with E-state index in [1.54, 1.807) is 24.3 Å². The van der Waals surface area contributed by atoms with Crippen LogP contribution in [0, 0.1) is 5.82 Å². The molecule has 0 aliphatic carbocycles.